The number of halogens is 1. The van der Waals surface area contributed by atoms with Crippen molar-refractivity contribution in [1.82, 2.24) is 10.2 Å². The number of anilines is 1. The van der Waals surface area contributed by atoms with Crippen LogP contribution in [-0.2, 0) is 0 Å². The highest BCUT2D eigenvalue weighted by Crippen LogP contribution is 2.36. The predicted octanol–water partition coefficient (Wildman–Crippen LogP) is 5.63. The van der Waals surface area contributed by atoms with Crippen LogP contribution >= 0.6 is 11.6 Å². The summed E-state index contributed by atoms with van der Waals surface area (Å²) in [6, 6.07) is 17.8. The lowest BCUT2D eigenvalue weighted by Gasteiger charge is -2.13. The average molecular weight is 450 g/mol. The van der Waals surface area contributed by atoms with Crippen LogP contribution in [-0.4, -0.2) is 30.3 Å². The number of amides is 1. The van der Waals surface area contributed by atoms with Crippen molar-refractivity contribution in [3.05, 3.63) is 76.8 Å². The van der Waals surface area contributed by atoms with Crippen molar-refractivity contribution < 1.29 is 18.7 Å². The number of benzene rings is 3. The SMILES string of the molecule is COc1cc(OC)c(NC(=O)c2ccc(-c3nnc(-c4ccccc4C)o3)cc2)cc1Cl. The first-order valence-corrected chi connectivity index (χ1v) is 10.1. The van der Waals surface area contributed by atoms with Gasteiger partial charge in [0.15, 0.2) is 0 Å². The van der Waals surface area contributed by atoms with Crippen molar-refractivity contribution >= 4 is 23.2 Å². The molecule has 0 atom stereocenters. The van der Waals surface area contributed by atoms with Gasteiger partial charge in [0.2, 0.25) is 11.8 Å². The molecule has 0 saturated carbocycles. The Hall–Kier alpha value is -3.84. The topological polar surface area (TPSA) is 86.5 Å². The molecule has 0 aliphatic heterocycles. The Balaban J connectivity index is 1.53. The Morgan fingerprint density at radius 3 is 2.31 bits per heavy atom. The average Bonchev–Trinajstić information content (AvgIpc) is 3.30. The second-order valence-corrected chi connectivity index (χ2v) is 7.35. The smallest absolute Gasteiger partial charge is 0.255 e. The van der Waals surface area contributed by atoms with Gasteiger partial charge >= 0.3 is 0 Å². The van der Waals surface area contributed by atoms with E-state index in [1.807, 2.05) is 31.2 Å². The molecule has 32 heavy (non-hydrogen) atoms. The van der Waals surface area contributed by atoms with Gasteiger partial charge in [-0.2, -0.15) is 0 Å². The quantitative estimate of drug-likeness (QED) is 0.410. The zero-order valence-electron chi connectivity index (χ0n) is 17.7. The maximum Gasteiger partial charge on any atom is 0.255 e. The van der Waals surface area contributed by atoms with Gasteiger partial charge in [-0.25, -0.2) is 0 Å². The first-order valence-electron chi connectivity index (χ1n) is 9.73. The van der Waals surface area contributed by atoms with Gasteiger partial charge in [0.1, 0.15) is 11.5 Å². The van der Waals surface area contributed by atoms with E-state index in [1.54, 1.807) is 36.4 Å². The van der Waals surface area contributed by atoms with Crippen LogP contribution in [0.1, 0.15) is 15.9 Å². The number of carbonyl (C=O) groups is 1. The Kier molecular flexibility index (Phi) is 6.09. The van der Waals surface area contributed by atoms with Crippen molar-refractivity contribution in [2.75, 3.05) is 19.5 Å². The number of rotatable bonds is 6. The third kappa shape index (κ3) is 4.29. The molecule has 0 fully saturated rings. The molecule has 1 amide bonds. The Labute approximate surface area is 190 Å². The Bertz CT molecular complexity index is 1270. The number of nitrogens with zero attached hydrogens (tertiary/aromatic N) is 2. The van der Waals surface area contributed by atoms with E-state index in [0.29, 0.717) is 45.1 Å². The van der Waals surface area contributed by atoms with Crippen LogP contribution in [0.15, 0.2) is 65.1 Å². The van der Waals surface area contributed by atoms with Gasteiger partial charge in [0.05, 0.1) is 24.9 Å². The second-order valence-electron chi connectivity index (χ2n) is 6.95. The van der Waals surface area contributed by atoms with Crippen LogP contribution in [0.5, 0.6) is 11.5 Å². The monoisotopic (exact) mass is 449 g/mol. The molecular weight excluding hydrogens is 430 g/mol. The fourth-order valence-corrected chi connectivity index (χ4v) is 3.42. The normalized spacial score (nSPS) is 10.6. The molecule has 1 heterocycles. The Morgan fingerprint density at radius 2 is 1.62 bits per heavy atom. The van der Waals surface area contributed by atoms with Gasteiger partial charge in [0.25, 0.3) is 5.91 Å². The van der Waals surface area contributed by atoms with E-state index in [9.17, 15) is 4.79 Å². The maximum absolute atomic E-state index is 12.7. The minimum Gasteiger partial charge on any atom is -0.495 e. The number of aryl methyl sites for hydroxylation is 1. The summed E-state index contributed by atoms with van der Waals surface area (Å²) in [5.74, 6) is 1.39. The zero-order valence-corrected chi connectivity index (χ0v) is 18.4. The maximum atomic E-state index is 12.7. The van der Waals surface area contributed by atoms with Crippen molar-refractivity contribution in [1.29, 1.82) is 0 Å². The highest BCUT2D eigenvalue weighted by atomic mass is 35.5. The number of nitrogens with one attached hydrogen (secondary N) is 1. The third-order valence-corrected chi connectivity index (χ3v) is 5.21. The molecule has 162 valence electrons. The van der Waals surface area contributed by atoms with Gasteiger partial charge in [-0.3, -0.25) is 4.79 Å². The lowest BCUT2D eigenvalue weighted by Crippen LogP contribution is -2.12. The summed E-state index contributed by atoms with van der Waals surface area (Å²) in [6.45, 7) is 1.98. The summed E-state index contributed by atoms with van der Waals surface area (Å²) >= 11 is 6.18. The van der Waals surface area contributed by atoms with Gasteiger partial charge in [-0.15, -0.1) is 10.2 Å². The van der Waals surface area contributed by atoms with E-state index in [2.05, 4.69) is 15.5 Å². The number of carbonyl (C=O) groups excluding carboxylic acids is 1. The number of methoxy groups -OCH3 is 2. The van der Waals surface area contributed by atoms with Crippen molar-refractivity contribution in [3.8, 4) is 34.4 Å². The number of hydrogen-bond donors (Lipinski definition) is 1. The van der Waals surface area contributed by atoms with Crippen LogP contribution in [0, 0.1) is 6.92 Å². The van der Waals surface area contributed by atoms with Crippen molar-refractivity contribution in [3.63, 3.8) is 0 Å². The van der Waals surface area contributed by atoms with Crippen LogP contribution < -0.4 is 14.8 Å². The predicted molar refractivity (Wildman–Crippen MR) is 122 cm³/mol. The number of hydrogen-bond acceptors (Lipinski definition) is 6. The molecule has 4 aromatic rings. The molecule has 0 spiro atoms. The van der Waals surface area contributed by atoms with Gasteiger partial charge in [0, 0.05) is 22.8 Å². The minimum atomic E-state index is -0.317. The van der Waals surface area contributed by atoms with Crippen molar-refractivity contribution in [2.45, 2.75) is 6.92 Å². The molecule has 8 heteroatoms. The van der Waals surface area contributed by atoms with Gasteiger partial charge in [-0.1, -0.05) is 29.8 Å². The van der Waals surface area contributed by atoms with Crippen molar-refractivity contribution in [2.24, 2.45) is 0 Å². The first kappa shape index (κ1) is 21.4. The molecule has 1 N–H and O–H groups in total. The fraction of sp³-hybridized carbons (Fsp3) is 0.125. The molecule has 0 aliphatic rings. The molecule has 0 saturated heterocycles. The fourth-order valence-electron chi connectivity index (χ4n) is 3.18. The molecule has 0 unspecified atom stereocenters. The zero-order chi connectivity index (χ0) is 22.7. The molecule has 0 radical (unpaired) electrons. The standard InChI is InChI=1S/C24H20ClN3O4/c1-14-6-4-5-7-17(14)24-28-27-23(32-24)16-10-8-15(9-11-16)22(29)26-19-12-18(25)20(30-2)13-21(19)31-3/h4-13H,1-3H3,(H,26,29). The van der Waals surface area contributed by atoms with Crippen LogP contribution in [0.4, 0.5) is 5.69 Å². The summed E-state index contributed by atoms with van der Waals surface area (Å²) in [7, 11) is 3.01. The van der Waals surface area contributed by atoms with E-state index in [4.69, 9.17) is 25.5 Å². The summed E-state index contributed by atoms with van der Waals surface area (Å²) in [6.07, 6.45) is 0. The van der Waals surface area contributed by atoms with Crippen LogP contribution in [0.2, 0.25) is 5.02 Å². The molecular formula is C24H20ClN3O4. The molecule has 3 aromatic carbocycles. The number of aromatic nitrogens is 2. The van der Waals surface area contributed by atoms with E-state index in [0.717, 1.165) is 11.1 Å². The second kappa shape index (κ2) is 9.11. The van der Waals surface area contributed by atoms with E-state index in [1.165, 1.54) is 14.2 Å². The van der Waals surface area contributed by atoms with Crippen LogP contribution in [0.25, 0.3) is 22.9 Å². The van der Waals surface area contributed by atoms with E-state index in [-0.39, 0.29) is 5.91 Å². The highest BCUT2D eigenvalue weighted by molar-refractivity contribution is 6.32. The molecule has 7 nitrogen and oxygen atoms in total. The number of ether oxygens (including phenoxy) is 2. The van der Waals surface area contributed by atoms with E-state index < -0.39 is 0 Å². The lowest BCUT2D eigenvalue weighted by molar-refractivity contribution is 0.102. The minimum absolute atomic E-state index is 0.317. The molecule has 0 bridgehead atoms. The van der Waals surface area contributed by atoms with Crippen LogP contribution in [0.3, 0.4) is 0 Å². The first-order chi connectivity index (χ1) is 15.5. The molecule has 0 aliphatic carbocycles. The summed E-state index contributed by atoms with van der Waals surface area (Å²) in [4.78, 5) is 12.7. The van der Waals surface area contributed by atoms with Gasteiger partial charge in [-0.05, 0) is 48.9 Å². The summed E-state index contributed by atoms with van der Waals surface area (Å²) < 4.78 is 16.3. The Morgan fingerprint density at radius 1 is 0.938 bits per heavy atom. The third-order valence-electron chi connectivity index (χ3n) is 4.92. The summed E-state index contributed by atoms with van der Waals surface area (Å²) in [5.41, 5.74) is 3.52. The molecule has 1 aromatic heterocycles. The lowest BCUT2D eigenvalue weighted by atomic mass is 10.1. The molecule has 4 rings (SSSR count). The highest BCUT2D eigenvalue weighted by Gasteiger charge is 2.15. The van der Waals surface area contributed by atoms with Gasteiger partial charge < -0.3 is 19.2 Å². The largest absolute Gasteiger partial charge is 0.495 e. The van der Waals surface area contributed by atoms with E-state index >= 15 is 0 Å². The summed E-state index contributed by atoms with van der Waals surface area (Å²) in [5, 5.41) is 11.4.